The predicted molar refractivity (Wildman–Crippen MR) is 214 cm³/mol. The fraction of sp³-hybridized carbons (Fsp3) is 0.780. The van der Waals surface area contributed by atoms with E-state index in [1.807, 2.05) is 18.2 Å². The van der Waals surface area contributed by atoms with Gasteiger partial charge in [0.25, 0.3) is 0 Å². The van der Waals surface area contributed by atoms with E-state index >= 15 is 0 Å². The molecular weight excluding hydrogens is 661 g/mol. The van der Waals surface area contributed by atoms with Gasteiger partial charge >= 0.3 is 5.97 Å². The van der Waals surface area contributed by atoms with Gasteiger partial charge in [-0.05, 0) is 61.1 Å². The third-order valence-electron chi connectivity index (χ3n) is 10.5. The van der Waals surface area contributed by atoms with Gasteiger partial charge in [-0.25, -0.2) is 0 Å². The second-order valence-corrected chi connectivity index (χ2v) is 26.5. The lowest BCUT2D eigenvalue weighted by atomic mass is 10.0. The Morgan fingerprint density at radius 1 is 0.760 bits per heavy atom. The number of carbonyl (C=O) groups excluding carboxylic acids is 1. The molecule has 0 bridgehead atoms. The molecule has 0 amide bonds. The van der Waals surface area contributed by atoms with Gasteiger partial charge in [-0.3, -0.25) is 4.79 Å². The molecule has 1 aromatic carbocycles. The molecule has 0 fully saturated rings. The number of hydrogen-bond donors (Lipinski definition) is 0. The van der Waals surface area contributed by atoms with Crippen LogP contribution in [0.15, 0.2) is 42.5 Å². The summed E-state index contributed by atoms with van der Waals surface area (Å²) in [4.78, 5) is 14.0. The Bertz CT molecular complexity index is 1070. The van der Waals surface area contributed by atoms with Crippen LogP contribution >= 0.6 is 0 Å². The lowest BCUT2D eigenvalue weighted by Crippen LogP contribution is -2.46. The summed E-state index contributed by atoms with van der Waals surface area (Å²) in [5, 5.41) is 0.0259. The SMILES string of the molecule is CCC/C=C\[C@H](C[C@H](CC(=O)O[C@H](CCCCC)C[C@H](CC(OC)OC)O[Si](C)(C)C(C)(C)C)O[Si](C)(C)C(C)(C)C)OCc1ccccc1. The van der Waals surface area contributed by atoms with Crippen LogP contribution in [0.5, 0.6) is 0 Å². The number of rotatable bonds is 25. The summed E-state index contributed by atoms with van der Waals surface area (Å²) in [7, 11) is -1.03. The molecular formula is C41H76O7Si2. The van der Waals surface area contributed by atoms with Gasteiger partial charge in [-0.15, -0.1) is 0 Å². The van der Waals surface area contributed by atoms with Gasteiger partial charge in [0.2, 0.25) is 0 Å². The van der Waals surface area contributed by atoms with E-state index in [0.29, 0.717) is 25.9 Å². The first kappa shape index (κ1) is 46.7. The number of ether oxygens (including phenoxy) is 4. The maximum Gasteiger partial charge on any atom is 0.308 e. The van der Waals surface area contributed by atoms with Crippen LogP contribution in [0.3, 0.4) is 0 Å². The summed E-state index contributed by atoms with van der Waals surface area (Å²) in [5.74, 6) is -0.226. The van der Waals surface area contributed by atoms with Gasteiger partial charge in [-0.2, -0.15) is 0 Å². The molecule has 0 unspecified atom stereocenters. The first-order chi connectivity index (χ1) is 23.3. The van der Waals surface area contributed by atoms with Crippen LogP contribution < -0.4 is 0 Å². The topological polar surface area (TPSA) is 72.5 Å². The van der Waals surface area contributed by atoms with E-state index in [-0.39, 0.29) is 46.9 Å². The number of benzene rings is 1. The van der Waals surface area contributed by atoms with E-state index in [2.05, 4.69) is 106 Å². The Morgan fingerprint density at radius 2 is 1.34 bits per heavy atom. The third-order valence-corrected chi connectivity index (χ3v) is 19.5. The molecule has 0 saturated heterocycles. The summed E-state index contributed by atoms with van der Waals surface area (Å²) >= 11 is 0. The van der Waals surface area contributed by atoms with Crippen LogP contribution in [0.2, 0.25) is 36.3 Å². The Balaban J connectivity index is 3.34. The normalized spacial score (nSPS) is 15.7. The Morgan fingerprint density at radius 3 is 1.86 bits per heavy atom. The van der Waals surface area contributed by atoms with Crippen molar-refractivity contribution in [3.8, 4) is 0 Å². The first-order valence-corrected chi connectivity index (χ1v) is 25.0. The van der Waals surface area contributed by atoms with Crippen LogP contribution in [0.1, 0.15) is 125 Å². The van der Waals surface area contributed by atoms with Crippen molar-refractivity contribution in [1.29, 1.82) is 0 Å². The smallest absolute Gasteiger partial charge is 0.308 e. The molecule has 9 heteroatoms. The van der Waals surface area contributed by atoms with Crippen molar-refractivity contribution >= 4 is 22.6 Å². The summed E-state index contributed by atoms with van der Waals surface area (Å²) in [6.07, 6.45) is 10.9. The number of methoxy groups -OCH3 is 2. The zero-order valence-electron chi connectivity index (χ0n) is 34.6. The van der Waals surface area contributed by atoms with E-state index in [4.69, 9.17) is 27.8 Å². The van der Waals surface area contributed by atoms with Gasteiger partial charge in [0.1, 0.15) is 6.10 Å². The summed E-state index contributed by atoms with van der Waals surface area (Å²) < 4.78 is 38.0. The maximum absolute atomic E-state index is 14.0. The molecule has 0 saturated carbocycles. The van der Waals surface area contributed by atoms with Crippen LogP contribution in [-0.2, 0) is 39.2 Å². The minimum atomic E-state index is -2.22. The molecule has 50 heavy (non-hydrogen) atoms. The molecule has 0 N–H and O–H groups in total. The zero-order valence-corrected chi connectivity index (χ0v) is 36.6. The lowest BCUT2D eigenvalue weighted by Gasteiger charge is -2.41. The molecule has 0 aliphatic carbocycles. The summed E-state index contributed by atoms with van der Waals surface area (Å²) in [6.45, 7) is 27.3. The highest BCUT2D eigenvalue weighted by Crippen LogP contribution is 2.40. The Kier molecular flexibility index (Phi) is 21.2. The molecule has 4 atom stereocenters. The molecule has 0 spiro atoms. The fourth-order valence-electron chi connectivity index (χ4n) is 5.27. The minimum Gasteiger partial charge on any atom is -0.462 e. The lowest BCUT2D eigenvalue weighted by molar-refractivity contribution is -0.154. The monoisotopic (exact) mass is 737 g/mol. The highest BCUT2D eigenvalue weighted by Gasteiger charge is 2.42. The summed E-state index contributed by atoms with van der Waals surface area (Å²) in [6, 6.07) is 10.2. The second-order valence-electron chi connectivity index (χ2n) is 17.0. The molecule has 1 aromatic rings. The number of esters is 1. The van der Waals surface area contributed by atoms with Crippen molar-refractivity contribution in [3.63, 3.8) is 0 Å². The molecule has 0 aliphatic rings. The largest absolute Gasteiger partial charge is 0.462 e. The average molecular weight is 737 g/mol. The van der Waals surface area contributed by atoms with Crippen LogP contribution in [0.4, 0.5) is 0 Å². The van der Waals surface area contributed by atoms with Gasteiger partial charge < -0.3 is 27.8 Å². The number of hydrogen-bond acceptors (Lipinski definition) is 7. The van der Waals surface area contributed by atoms with E-state index < -0.39 is 22.9 Å². The van der Waals surface area contributed by atoms with Crippen LogP contribution in [0, 0.1) is 0 Å². The van der Waals surface area contributed by atoms with Crippen molar-refractivity contribution in [2.24, 2.45) is 0 Å². The minimum absolute atomic E-state index is 0.0101. The predicted octanol–water partition coefficient (Wildman–Crippen LogP) is 11.4. The first-order valence-electron chi connectivity index (χ1n) is 19.2. The average Bonchev–Trinajstić information content (AvgIpc) is 3.01. The zero-order chi connectivity index (χ0) is 38.0. The maximum atomic E-state index is 14.0. The van der Waals surface area contributed by atoms with E-state index in [1.54, 1.807) is 14.2 Å². The van der Waals surface area contributed by atoms with Gasteiger partial charge in [0.05, 0.1) is 31.3 Å². The molecule has 0 heterocycles. The quantitative estimate of drug-likeness (QED) is 0.0325. The molecule has 290 valence electrons. The molecule has 0 radical (unpaired) electrons. The van der Waals surface area contributed by atoms with Gasteiger partial charge in [0, 0.05) is 33.5 Å². The number of allylic oxidation sites excluding steroid dienone is 1. The van der Waals surface area contributed by atoms with E-state index in [1.165, 1.54) is 0 Å². The van der Waals surface area contributed by atoms with Gasteiger partial charge in [-0.1, -0.05) is 117 Å². The third kappa shape index (κ3) is 17.9. The van der Waals surface area contributed by atoms with Crippen molar-refractivity contribution < 1.29 is 32.6 Å². The molecule has 0 aliphatic heterocycles. The standard InChI is InChI=1S/C41H76O7Si2/c1-15-17-20-26-34(45-32-33-24-22-19-23-25-33)28-36(47-49(11,12)40(3,4)5)30-38(42)46-35(27-21-18-16-2)29-37(31-39(43-9)44-10)48-50(13,14)41(6,7)8/h19-20,22-26,34-37,39H,15-18,21,27-32H2,1-14H3/b26-20-/t34-,35-,36-,37-/m1/s1. The van der Waals surface area contributed by atoms with E-state index in [9.17, 15) is 4.79 Å². The number of carbonyl (C=O) groups is 1. The Hall–Kier alpha value is -1.34. The molecule has 0 aromatic heterocycles. The van der Waals surface area contributed by atoms with Crippen molar-refractivity contribution in [3.05, 3.63) is 48.0 Å². The number of unbranched alkanes of at least 4 members (excludes halogenated alkanes) is 3. The summed E-state index contributed by atoms with van der Waals surface area (Å²) in [5.41, 5.74) is 1.12. The van der Waals surface area contributed by atoms with Gasteiger partial charge in [0.15, 0.2) is 22.9 Å². The van der Waals surface area contributed by atoms with E-state index in [0.717, 1.165) is 44.1 Å². The van der Waals surface area contributed by atoms with Crippen LogP contribution in [0.25, 0.3) is 0 Å². The Labute approximate surface area is 309 Å². The van der Waals surface area contributed by atoms with Crippen molar-refractivity contribution in [2.75, 3.05) is 14.2 Å². The second kappa shape index (κ2) is 22.7. The van der Waals surface area contributed by atoms with Crippen molar-refractivity contribution in [1.82, 2.24) is 0 Å². The molecule has 7 nitrogen and oxygen atoms in total. The van der Waals surface area contributed by atoms with Crippen molar-refractivity contribution in [2.45, 2.75) is 193 Å². The van der Waals surface area contributed by atoms with Crippen LogP contribution in [-0.4, -0.2) is 67.5 Å². The molecule has 1 rings (SSSR count). The highest BCUT2D eigenvalue weighted by atomic mass is 28.4. The fourth-order valence-corrected chi connectivity index (χ4v) is 8.02. The highest BCUT2D eigenvalue weighted by molar-refractivity contribution is 6.74.